The van der Waals surface area contributed by atoms with Crippen LogP contribution in [0.15, 0.2) is 24.3 Å². The Labute approximate surface area is 111 Å². The normalized spacial score (nSPS) is 12.5. The van der Waals surface area contributed by atoms with Crippen LogP contribution in [0.2, 0.25) is 0 Å². The van der Waals surface area contributed by atoms with Crippen LogP contribution < -0.4 is 4.72 Å². The van der Waals surface area contributed by atoms with Gasteiger partial charge in [0.25, 0.3) is 0 Å². The molecular formula is C11H16INO2S. The lowest BCUT2D eigenvalue weighted by molar-refractivity contribution is 0.463. The van der Waals surface area contributed by atoms with Gasteiger partial charge >= 0.3 is 0 Å². The van der Waals surface area contributed by atoms with Gasteiger partial charge in [0.1, 0.15) is 0 Å². The Kier molecular flexibility index (Phi) is 4.23. The maximum absolute atomic E-state index is 11.8. The number of hydrogen-bond donors (Lipinski definition) is 1. The summed E-state index contributed by atoms with van der Waals surface area (Å²) in [5, 5.41) is 0. The predicted molar refractivity (Wildman–Crippen MR) is 76.0 cm³/mol. The Morgan fingerprint density at radius 1 is 1.19 bits per heavy atom. The van der Waals surface area contributed by atoms with Gasteiger partial charge in [0.15, 0.2) is 0 Å². The fourth-order valence-corrected chi connectivity index (χ4v) is 3.37. The van der Waals surface area contributed by atoms with Gasteiger partial charge in [0.2, 0.25) is 10.0 Å². The molecule has 0 unspecified atom stereocenters. The van der Waals surface area contributed by atoms with E-state index < -0.39 is 10.0 Å². The van der Waals surface area contributed by atoms with Crippen LogP contribution >= 0.6 is 22.6 Å². The van der Waals surface area contributed by atoms with E-state index in [1.54, 1.807) is 12.1 Å². The standard InChI is InChI=1S/C11H16INO2S/c1-11(2,3)8-16(14,15)13-10-6-4-9(12)5-7-10/h4-7,13H,8H2,1-3H3. The van der Waals surface area contributed by atoms with Crippen LogP contribution in [0.5, 0.6) is 0 Å². The molecule has 0 amide bonds. The molecule has 0 aliphatic rings. The Hall–Kier alpha value is -0.300. The first kappa shape index (κ1) is 13.8. The summed E-state index contributed by atoms with van der Waals surface area (Å²) < 4.78 is 27.2. The van der Waals surface area contributed by atoms with E-state index >= 15 is 0 Å². The van der Waals surface area contributed by atoms with Crippen molar-refractivity contribution < 1.29 is 8.42 Å². The van der Waals surface area contributed by atoms with Crippen molar-refractivity contribution in [2.45, 2.75) is 20.8 Å². The van der Waals surface area contributed by atoms with Crippen LogP contribution in [0.4, 0.5) is 5.69 Å². The minimum Gasteiger partial charge on any atom is -0.284 e. The molecule has 0 aromatic heterocycles. The molecule has 1 rings (SSSR count). The summed E-state index contributed by atoms with van der Waals surface area (Å²) >= 11 is 2.18. The third kappa shape index (κ3) is 5.16. The summed E-state index contributed by atoms with van der Waals surface area (Å²) in [6.45, 7) is 5.71. The number of rotatable bonds is 3. The highest BCUT2D eigenvalue weighted by atomic mass is 127. The molecule has 90 valence electrons. The zero-order valence-corrected chi connectivity index (χ0v) is 12.6. The molecule has 0 spiro atoms. The number of halogens is 1. The molecule has 0 saturated heterocycles. The van der Waals surface area contributed by atoms with Gasteiger partial charge in [-0.15, -0.1) is 0 Å². The van der Waals surface area contributed by atoms with Crippen molar-refractivity contribution in [1.29, 1.82) is 0 Å². The quantitative estimate of drug-likeness (QED) is 0.849. The van der Waals surface area contributed by atoms with Crippen LogP contribution in [0.25, 0.3) is 0 Å². The summed E-state index contributed by atoms with van der Waals surface area (Å²) in [7, 11) is -3.26. The van der Waals surface area contributed by atoms with E-state index in [1.165, 1.54) is 0 Å². The lowest BCUT2D eigenvalue weighted by Gasteiger charge is -2.18. The lowest BCUT2D eigenvalue weighted by Crippen LogP contribution is -2.26. The van der Waals surface area contributed by atoms with Crippen molar-refractivity contribution in [3.8, 4) is 0 Å². The van der Waals surface area contributed by atoms with E-state index in [2.05, 4.69) is 27.3 Å². The van der Waals surface area contributed by atoms with Crippen molar-refractivity contribution in [2.75, 3.05) is 10.5 Å². The third-order valence-corrected chi connectivity index (χ3v) is 4.25. The smallest absolute Gasteiger partial charge is 0.233 e. The Balaban J connectivity index is 2.77. The first-order valence-corrected chi connectivity index (χ1v) is 7.67. The minimum atomic E-state index is -3.26. The van der Waals surface area contributed by atoms with Crippen LogP contribution in [0.3, 0.4) is 0 Å². The fraction of sp³-hybridized carbons (Fsp3) is 0.455. The second kappa shape index (κ2) is 4.91. The van der Waals surface area contributed by atoms with Crippen molar-refractivity contribution in [1.82, 2.24) is 0 Å². The maximum atomic E-state index is 11.8. The summed E-state index contributed by atoms with van der Waals surface area (Å²) in [5.41, 5.74) is 0.374. The summed E-state index contributed by atoms with van der Waals surface area (Å²) in [4.78, 5) is 0. The van der Waals surface area contributed by atoms with Gasteiger partial charge in [-0.25, -0.2) is 8.42 Å². The monoisotopic (exact) mass is 353 g/mol. The minimum absolute atomic E-state index is 0.117. The largest absolute Gasteiger partial charge is 0.284 e. The van der Waals surface area contributed by atoms with Crippen molar-refractivity contribution in [3.63, 3.8) is 0 Å². The highest BCUT2D eigenvalue weighted by molar-refractivity contribution is 14.1. The number of nitrogens with one attached hydrogen (secondary N) is 1. The zero-order valence-electron chi connectivity index (χ0n) is 9.62. The van der Waals surface area contributed by atoms with Gasteiger partial charge in [-0.05, 0) is 52.3 Å². The number of anilines is 1. The molecule has 0 heterocycles. The number of hydrogen-bond acceptors (Lipinski definition) is 2. The van der Waals surface area contributed by atoms with E-state index in [1.807, 2.05) is 32.9 Å². The van der Waals surface area contributed by atoms with Crippen molar-refractivity contribution >= 4 is 38.3 Å². The lowest BCUT2D eigenvalue weighted by atomic mass is 10.0. The summed E-state index contributed by atoms with van der Waals surface area (Å²) in [6.07, 6.45) is 0. The van der Waals surface area contributed by atoms with Crippen molar-refractivity contribution in [3.05, 3.63) is 27.8 Å². The average molecular weight is 353 g/mol. The Bertz CT molecular complexity index is 446. The van der Waals surface area contributed by atoms with Gasteiger partial charge in [0, 0.05) is 9.26 Å². The highest BCUT2D eigenvalue weighted by Gasteiger charge is 2.21. The second-order valence-electron chi connectivity index (χ2n) is 4.93. The van der Waals surface area contributed by atoms with Gasteiger partial charge in [0.05, 0.1) is 5.75 Å². The fourth-order valence-electron chi connectivity index (χ4n) is 1.30. The highest BCUT2D eigenvalue weighted by Crippen LogP contribution is 2.19. The molecule has 0 aliphatic carbocycles. The first-order valence-electron chi connectivity index (χ1n) is 4.94. The number of benzene rings is 1. The van der Waals surface area contributed by atoms with Crippen LogP contribution in [0.1, 0.15) is 20.8 Å². The molecule has 0 bridgehead atoms. The van der Waals surface area contributed by atoms with Crippen LogP contribution in [-0.2, 0) is 10.0 Å². The third-order valence-electron chi connectivity index (χ3n) is 1.74. The van der Waals surface area contributed by atoms with E-state index in [0.29, 0.717) is 5.69 Å². The van der Waals surface area contributed by atoms with Crippen LogP contribution in [0, 0.1) is 8.99 Å². The van der Waals surface area contributed by atoms with E-state index in [-0.39, 0.29) is 11.2 Å². The molecule has 1 N–H and O–H groups in total. The van der Waals surface area contributed by atoms with Crippen molar-refractivity contribution in [2.24, 2.45) is 5.41 Å². The van der Waals surface area contributed by atoms with Gasteiger partial charge < -0.3 is 0 Å². The van der Waals surface area contributed by atoms with E-state index in [9.17, 15) is 8.42 Å². The van der Waals surface area contributed by atoms with Gasteiger partial charge in [-0.2, -0.15) is 0 Å². The SMILES string of the molecule is CC(C)(C)CS(=O)(=O)Nc1ccc(I)cc1. The molecule has 1 aromatic carbocycles. The molecule has 3 nitrogen and oxygen atoms in total. The average Bonchev–Trinajstić information content (AvgIpc) is 2.04. The molecular weight excluding hydrogens is 337 g/mol. The molecule has 0 radical (unpaired) electrons. The molecule has 0 atom stereocenters. The predicted octanol–water partition coefficient (Wildman–Crippen LogP) is 3.08. The molecule has 0 aliphatic heterocycles. The maximum Gasteiger partial charge on any atom is 0.233 e. The topological polar surface area (TPSA) is 46.2 Å². The number of sulfonamides is 1. The van der Waals surface area contributed by atoms with Gasteiger partial charge in [-0.1, -0.05) is 20.8 Å². The molecule has 1 aromatic rings. The van der Waals surface area contributed by atoms with E-state index in [4.69, 9.17) is 0 Å². The molecule has 0 fully saturated rings. The molecule has 0 saturated carbocycles. The Morgan fingerprint density at radius 2 is 1.69 bits per heavy atom. The molecule has 5 heteroatoms. The van der Waals surface area contributed by atoms with Crippen LogP contribution in [-0.4, -0.2) is 14.2 Å². The zero-order chi connectivity index (χ0) is 12.4. The first-order chi connectivity index (χ1) is 7.18. The van der Waals surface area contributed by atoms with E-state index in [0.717, 1.165) is 3.57 Å². The summed E-state index contributed by atoms with van der Waals surface area (Å²) in [5.74, 6) is 0.117. The molecule has 16 heavy (non-hydrogen) atoms. The Morgan fingerprint density at radius 3 is 2.12 bits per heavy atom. The summed E-state index contributed by atoms with van der Waals surface area (Å²) in [6, 6.07) is 7.27. The van der Waals surface area contributed by atoms with Gasteiger partial charge in [-0.3, -0.25) is 4.72 Å². The second-order valence-corrected chi connectivity index (χ2v) is 7.90.